The molecule has 1 aromatic carbocycles. The van der Waals surface area contributed by atoms with Crippen molar-refractivity contribution in [2.24, 2.45) is 0 Å². The van der Waals surface area contributed by atoms with Crippen LogP contribution in [0.2, 0.25) is 0 Å². The lowest BCUT2D eigenvalue weighted by atomic mass is 10.1. The third kappa shape index (κ3) is 2.15. The Morgan fingerprint density at radius 1 is 1.18 bits per heavy atom. The molecule has 1 aliphatic heterocycles. The summed E-state index contributed by atoms with van der Waals surface area (Å²) in [4.78, 5) is 5.76. The molecule has 1 aliphatic rings. The third-order valence-corrected chi connectivity index (χ3v) is 3.59. The molecule has 0 atom stereocenters. The second-order valence-electron chi connectivity index (χ2n) is 4.88. The lowest BCUT2D eigenvalue weighted by Gasteiger charge is -2.26. The van der Waals surface area contributed by atoms with E-state index in [1.165, 1.54) is 37.9 Å². The molecular weight excluding hydrogens is 212 g/mol. The predicted octanol–water partition coefficient (Wildman–Crippen LogP) is 2.86. The second kappa shape index (κ2) is 4.41. The molecule has 90 valence electrons. The number of rotatable bonds is 2. The zero-order valence-electron chi connectivity index (χ0n) is 9.95. The molecule has 17 heavy (non-hydrogen) atoms. The molecule has 0 bridgehead atoms. The van der Waals surface area contributed by atoms with Gasteiger partial charge in [0.1, 0.15) is 5.75 Å². The van der Waals surface area contributed by atoms with Gasteiger partial charge in [0.25, 0.3) is 0 Å². The van der Waals surface area contributed by atoms with E-state index in [2.05, 4.69) is 16.1 Å². The smallest absolute Gasteiger partial charge is 0.116 e. The first-order valence-corrected chi connectivity index (χ1v) is 6.34. The molecule has 3 rings (SSSR count). The Kier molecular flexibility index (Phi) is 2.77. The maximum absolute atomic E-state index is 9.55. The van der Waals surface area contributed by atoms with E-state index in [4.69, 9.17) is 0 Å². The van der Waals surface area contributed by atoms with Crippen LogP contribution in [0.3, 0.4) is 0 Å². The van der Waals surface area contributed by atoms with Crippen LogP contribution in [0.1, 0.15) is 24.8 Å². The Bertz CT molecular complexity index is 512. The predicted molar refractivity (Wildman–Crippen MR) is 69.1 cm³/mol. The number of aromatic hydroxyl groups is 1. The molecule has 0 spiro atoms. The monoisotopic (exact) mass is 230 g/mol. The van der Waals surface area contributed by atoms with Crippen molar-refractivity contribution < 1.29 is 5.11 Å². The van der Waals surface area contributed by atoms with Gasteiger partial charge >= 0.3 is 0 Å². The van der Waals surface area contributed by atoms with E-state index in [9.17, 15) is 5.11 Å². The normalized spacial score (nSPS) is 17.6. The topological polar surface area (TPSA) is 39.3 Å². The Balaban J connectivity index is 1.86. The van der Waals surface area contributed by atoms with Crippen molar-refractivity contribution in [1.29, 1.82) is 0 Å². The molecule has 3 nitrogen and oxygen atoms in total. The van der Waals surface area contributed by atoms with Crippen LogP contribution in [0.5, 0.6) is 5.75 Å². The summed E-state index contributed by atoms with van der Waals surface area (Å²) in [6, 6.07) is 5.51. The molecule has 0 radical (unpaired) electrons. The summed E-state index contributed by atoms with van der Waals surface area (Å²) in [5.41, 5.74) is 2.40. The fourth-order valence-corrected chi connectivity index (χ4v) is 2.66. The van der Waals surface area contributed by atoms with Crippen LogP contribution in [-0.2, 0) is 6.54 Å². The summed E-state index contributed by atoms with van der Waals surface area (Å²) in [5, 5.41) is 10.7. The molecule has 0 unspecified atom stereocenters. The number of phenols is 1. The Morgan fingerprint density at radius 3 is 2.82 bits per heavy atom. The highest BCUT2D eigenvalue weighted by atomic mass is 16.3. The molecule has 1 saturated heterocycles. The van der Waals surface area contributed by atoms with E-state index in [0.29, 0.717) is 5.75 Å². The number of nitrogens with one attached hydrogen (secondary N) is 1. The number of H-pyrrole nitrogens is 1. The van der Waals surface area contributed by atoms with Gasteiger partial charge in [-0.15, -0.1) is 0 Å². The lowest BCUT2D eigenvalue weighted by molar-refractivity contribution is 0.221. The van der Waals surface area contributed by atoms with Crippen molar-refractivity contribution in [2.75, 3.05) is 13.1 Å². The van der Waals surface area contributed by atoms with E-state index >= 15 is 0 Å². The second-order valence-corrected chi connectivity index (χ2v) is 4.88. The van der Waals surface area contributed by atoms with E-state index < -0.39 is 0 Å². The van der Waals surface area contributed by atoms with Gasteiger partial charge in [0.2, 0.25) is 0 Å². The minimum Gasteiger partial charge on any atom is -0.508 e. The zero-order chi connectivity index (χ0) is 11.7. The maximum Gasteiger partial charge on any atom is 0.116 e. The van der Waals surface area contributed by atoms with Gasteiger partial charge < -0.3 is 10.1 Å². The van der Waals surface area contributed by atoms with Gasteiger partial charge in [-0.3, -0.25) is 4.90 Å². The number of fused-ring (bicyclic) bond motifs is 1. The van der Waals surface area contributed by atoms with Gasteiger partial charge in [0.05, 0.1) is 0 Å². The molecule has 2 aromatic rings. The highest BCUT2D eigenvalue weighted by Crippen LogP contribution is 2.24. The summed E-state index contributed by atoms with van der Waals surface area (Å²) in [5.74, 6) is 0.344. The molecular formula is C14H18N2O. The summed E-state index contributed by atoms with van der Waals surface area (Å²) in [6.45, 7) is 3.39. The van der Waals surface area contributed by atoms with Gasteiger partial charge in [0, 0.05) is 23.6 Å². The number of aromatic nitrogens is 1. The molecule has 1 aromatic heterocycles. The summed E-state index contributed by atoms with van der Waals surface area (Å²) in [7, 11) is 0. The molecule has 0 aliphatic carbocycles. The molecule has 1 fully saturated rings. The summed E-state index contributed by atoms with van der Waals surface area (Å²) < 4.78 is 0. The number of nitrogens with zero attached hydrogens (tertiary/aromatic N) is 1. The van der Waals surface area contributed by atoms with Gasteiger partial charge in [-0.25, -0.2) is 0 Å². The number of likely N-dealkylation sites (tertiary alicyclic amines) is 1. The summed E-state index contributed by atoms with van der Waals surface area (Å²) >= 11 is 0. The van der Waals surface area contributed by atoms with Crippen LogP contribution >= 0.6 is 0 Å². The quantitative estimate of drug-likeness (QED) is 0.832. The van der Waals surface area contributed by atoms with Crippen LogP contribution in [0, 0.1) is 0 Å². The molecule has 3 heteroatoms. The average Bonchev–Trinajstić information content (AvgIpc) is 2.73. The van der Waals surface area contributed by atoms with Crippen LogP contribution < -0.4 is 0 Å². The number of hydrogen-bond donors (Lipinski definition) is 2. The third-order valence-electron chi connectivity index (χ3n) is 3.59. The standard InChI is InChI=1S/C14H18N2O/c17-12-4-5-14-13(8-12)11(9-15-14)10-16-6-2-1-3-7-16/h4-5,8-9,15,17H,1-3,6-7,10H2. The van der Waals surface area contributed by atoms with Crippen LogP contribution in [-0.4, -0.2) is 28.1 Å². The Labute approximate surface area is 101 Å². The minimum absolute atomic E-state index is 0.344. The van der Waals surface area contributed by atoms with Crippen LogP contribution in [0.4, 0.5) is 0 Å². The average molecular weight is 230 g/mol. The van der Waals surface area contributed by atoms with Crippen molar-refractivity contribution in [2.45, 2.75) is 25.8 Å². The van der Waals surface area contributed by atoms with Crippen molar-refractivity contribution in [3.8, 4) is 5.75 Å². The largest absolute Gasteiger partial charge is 0.508 e. The molecule has 0 saturated carbocycles. The van der Waals surface area contributed by atoms with E-state index in [1.807, 2.05) is 12.1 Å². The lowest BCUT2D eigenvalue weighted by Crippen LogP contribution is -2.28. The minimum atomic E-state index is 0.344. The van der Waals surface area contributed by atoms with Gasteiger partial charge in [0.15, 0.2) is 0 Å². The first kappa shape index (κ1) is 10.7. The van der Waals surface area contributed by atoms with E-state index in [1.54, 1.807) is 6.07 Å². The number of hydrogen-bond acceptors (Lipinski definition) is 2. The van der Waals surface area contributed by atoms with Crippen molar-refractivity contribution >= 4 is 10.9 Å². The zero-order valence-corrected chi connectivity index (χ0v) is 9.95. The van der Waals surface area contributed by atoms with Crippen molar-refractivity contribution in [1.82, 2.24) is 9.88 Å². The number of phenolic OH excluding ortho intramolecular Hbond substituents is 1. The van der Waals surface area contributed by atoms with E-state index in [0.717, 1.165) is 17.4 Å². The number of piperidine rings is 1. The van der Waals surface area contributed by atoms with Crippen LogP contribution in [0.25, 0.3) is 10.9 Å². The molecule has 2 N–H and O–H groups in total. The molecule has 2 heterocycles. The molecule has 0 amide bonds. The fourth-order valence-electron chi connectivity index (χ4n) is 2.66. The SMILES string of the molecule is Oc1ccc2[nH]cc(CN3CCCCC3)c2c1. The van der Waals surface area contributed by atoms with Gasteiger partial charge in [-0.2, -0.15) is 0 Å². The van der Waals surface area contributed by atoms with Crippen LogP contribution in [0.15, 0.2) is 24.4 Å². The van der Waals surface area contributed by atoms with Gasteiger partial charge in [-0.05, 0) is 49.7 Å². The van der Waals surface area contributed by atoms with E-state index in [-0.39, 0.29) is 0 Å². The van der Waals surface area contributed by atoms with Crippen molar-refractivity contribution in [3.05, 3.63) is 30.0 Å². The van der Waals surface area contributed by atoms with Crippen molar-refractivity contribution in [3.63, 3.8) is 0 Å². The first-order valence-electron chi connectivity index (χ1n) is 6.34. The first-order chi connectivity index (χ1) is 8.33. The highest BCUT2D eigenvalue weighted by Gasteiger charge is 2.12. The Hall–Kier alpha value is -1.48. The number of benzene rings is 1. The maximum atomic E-state index is 9.55. The summed E-state index contributed by atoms with van der Waals surface area (Å²) in [6.07, 6.45) is 6.06. The fraction of sp³-hybridized carbons (Fsp3) is 0.429. The number of aromatic amines is 1. The van der Waals surface area contributed by atoms with Gasteiger partial charge in [-0.1, -0.05) is 6.42 Å². The Morgan fingerprint density at radius 2 is 2.00 bits per heavy atom. The highest BCUT2D eigenvalue weighted by molar-refractivity contribution is 5.84.